The first kappa shape index (κ1) is 13.4. The summed E-state index contributed by atoms with van der Waals surface area (Å²) in [5.41, 5.74) is 0. The summed E-state index contributed by atoms with van der Waals surface area (Å²) in [6.45, 7) is 1.21. The van der Waals surface area contributed by atoms with Gasteiger partial charge in [0.05, 0.1) is 12.0 Å². The van der Waals surface area contributed by atoms with Crippen molar-refractivity contribution in [3.8, 4) is 6.07 Å². The summed E-state index contributed by atoms with van der Waals surface area (Å²) >= 11 is 0. The fraction of sp³-hybridized carbons (Fsp3) is 0.938. The van der Waals surface area contributed by atoms with Gasteiger partial charge >= 0.3 is 0 Å². The number of hydrogen-bond donors (Lipinski definition) is 2. The highest BCUT2D eigenvalue weighted by atomic mass is 15.0. The zero-order valence-electron chi connectivity index (χ0n) is 11.9. The van der Waals surface area contributed by atoms with Crippen LogP contribution >= 0.6 is 0 Å². The van der Waals surface area contributed by atoms with Crippen LogP contribution in [0.3, 0.4) is 0 Å². The fourth-order valence-electron chi connectivity index (χ4n) is 4.51. The topological polar surface area (TPSA) is 47.9 Å². The number of nitrogens with one attached hydrogen (secondary N) is 2. The number of hydrogen-bond acceptors (Lipinski definition) is 3. The third-order valence-corrected chi connectivity index (χ3v) is 5.54. The van der Waals surface area contributed by atoms with Crippen LogP contribution in [-0.2, 0) is 0 Å². The van der Waals surface area contributed by atoms with Crippen LogP contribution in [0.25, 0.3) is 0 Å². The second kappa shape index (κ2) is 6.24. The van der Waals surface area contributed by atoms with Crippen LogP contribution < -0.4 is 10.6 Å². The summed E-state index contributed by atoms with van der Waals surface area (Å²) in [6, 6.07) is 4.37. The van der Waals surface area contributed by atoms with E-state index in [9.17, 15) is 5.26 Å². The molecule has 1 saturated heterocycles. The molecule has 0 spiro atoms. The highest BCUT2D eigenvalue weighted by Gasteiger charge is 2.36. The lowest BCUT2D eigenvalue weighted by Crippen LogP contribution is -2.50. The lowest BCUT2D eigenvalue weighted by molar-refractivity contribution is 0.195. The Labute approximate surface area is 117 Å². The molecule has 1 aliphatic heterocycles. The van der Waals surface area contributed by atoms with Crippen molar-refractivity contribution < 1.29 is 0 Å². The number of rotatable bonds is 3. The molecule has 0 bridgehead atoms. The Morgan fingerprint density at radius 1 is 0.895 bits per heavy atom. The normalized spacial score (nSPS) is 43.2. The van der Waals surface area contributed by atoms with Gasteiger partial charge in [-0.2, -0.15) is 5.26 Å². The lowest BCUT2D eigenvalue weighted by atomic mass is 9.78. The molecule has 3 nitrogen and oxygen atoms in total. The highest BCUT2D eigenvalue weighted by Crippen LogP contribution is 2.33. The van der Waals surface area contributed by atoms with Gasteiger partial charge in [-0.3, -0.25) is 0 Å². The molecule has 2 aliphatic carbocycles. The minimum Gasteiger partial charge on any atom is -0.314 e. The SMILES string of the molecule is N#CC1CCCC1NC1CCCCC1C1CCCN1. The summed E-state index contributed by atoms with van der Waals surface area (Å²) in [6.07, 6.45) is 11.7. The van der Waals surface area contributed by atoms with Crippen molar-refractivity contribution in [1.82, 2.24) is 10.6 Å². The van der Waals surface area contributed by atoms with Gasteiger partial charge in [-0.05, 0) is 51.0 Å². The maximum atomic E-state index is 9.24. The first-order chi connectivity index (χ1) is 9.38. The molecule has 0 aromatic carbocycles. The molecule has 0 aromatic heterocycles. The molecule has 5 atom stereocenters. The van der Waals surface area contributed by atoms with Crippen molar-refractivity contribution in [3.05, 3.63) is 0 Å². The smallest absolute Gasteiger partial charge is 0.0672 e. The van der Waals surface area contributed by atoms with Crippen LogP contribution in [0, 0.1) is 23.2 Å². The third kappa shape index (κ3) is 2.95. The highest BCUT2D eigenvalue weighted by molar-refractivity contribution is 5.00. The van der Waals surface area contributed by atoms with Crippen molar-refractivity contribution in [2.24, 2.45) is 11.8 Å². The van der Waals surface area contributed by atoms with Crippen LogP contribution in [-0.4, -0.2) is 24.7 Å². The maximum Gasteiger partial charge on any atom is 0.0672 e. The molecule has 0 amide bonds. The van der Waals surface area contributed by atoms with Crippen LogP contribution in [0.4, 0.5) is 0 Å². The average molecular weight is 261 g/mol. The molecule has 3 heteroatoms. The molecule has 2 saturated carbocycles. The van der Waals surface area contributed by atoms with Crippen molar-refractivity contribution >= 4 is 0 Å². The van der Waals surface area contributed by atoms with E-state index in [-0.39, 0.29) is 5.92 Å². The number of nitrogens with zero attached hydrogens (tertiary/aromatic N) is 1. The molecule has 3 fully saturated rings. The zero-order chi connectivity index (χ0) is 13.1. The molecule has 0 aromatic rings. The Kier molecular flexibility index (Phi) is 4.40. The summed E-state index contributed by atoms with van der Waals surface area (Å²) in [7, 11) is 0. The van der Waals surface area contributed by atoms with Gasteiger partial charge in [-0.25, -0.2) is 0 Å². The van der Waals surface area contributed by atoms with E-state index in [0.717, 1.165) is 18.4 Å². The van der Waals surface area contributed by atoms with Gasteiger partial charge in [0.15, 0.2) is 0 Å². The minimum atomic E-state index is 0.263. The second-order valence-electron chi connectivity index (χ2n) is 6.70. The monoisotopic (exact) mass is 261 g/mol. The largest absolute Gasteiger partial charge is 0.314 e. The Balaban J connectivity index is 1.62. The molecule has 106 valence electrons. The van der Waals surface area contributed by atoms with E-state index in [4.69, 9.17) is 0 Å². The van der Waals surface area contributed by atoms with Crippen molar-refractivity contribution in [2.45, 2.75) is 75.9 Å². The second-order valence-corrected chi connectivity index (χ2v) is 6.70. The van der Waals surface area contributed by atoms with E-state index in [1.165, 1.54) is 57.9 Å². The molecule has 3 aliphatic rings. The Morgan fingerprint density at radius 2 is 1.74 bits per heavy atom. The van der Waals surface area contributed by atoms with Crippen molar-refractivity contribution in [1.29, 1.82) is 5.26 Å². The van der Waals surface area contributed by atoms with Crippen molar-refractivity contribution in [3.63, 3.8) is 0 Å². The van der Waals surface area contributed by atoms with Gasteiger partial charge in [0.25, 0.3) is 0 Å². The van der Waals surface area contributed by atoms with E-state index < -0.39 is 0 Å². The summed E-state index contributed by atoms with van der Waals surface area (Å²) in [4.78, 5) is 0. The predicted octanol–water partition coefficient (Wildman–Crippen LogP) is 2.58. The van der Waals surface area contributed by atoms with Crippen LogP contribution in [0.15, 0.2) is 0 Å². The van der Waals surface area contributed by atoms with E-state index in [0.29, 0.717) is 12.1 Å². The van der Waals surface area contributed by atoms with Gasteiger partial charge in [0, 0.05) is 18.1 Å². The minimum absolute atomic E-state index is 0.263. The molecule has 19 heavy (non-hydrogen) atoms. The summed E-state index contributed by atoms with van der Waals surface area (Å²) < 4.78 is 0. The zero-order valence-corrected chi connectivity index (χ0v) is 11.9. The Morgan fingerprint density at radius 3 is 2.53 bits per heavy atom. The molecule has 3 rings (SSSR count). The number of nitriles is 1. The van der Waals surface area contributed by atoms with Gasteiger partial charge in [0.1, 0.15) is 0 Å². The predicted molar refractivity (Wildman–Crippen MR) is 76.6 cm³/mol. The molecule has 0 radical (unpaired) electrons. The van der Waals surface area contributed by atoms with Gasteiger partial charge < -0.3 is 10.6 Å². The van der Waals surface area contributed by atoms with Crippen LogP contribution in [0.2, 0.25) is 0 Å². The standard InChI is InChI=1S/C16H27N3/c17-11-12-5-3-8-14(12)19-16-7-2-1-6-13(16)15-9-4-10-18-15/h12-16,18-19H,1-10H2. The van der Waals surface area contributed by atoms with Gasteiger partial charge in [-0.1, -0.05) is 19.3 Å². The summed E-state index contributed by atoms with van der Waals surface area (Å²) in [5.74, 6) is 1.07. The first-order valence-corrected chi connectivity index (χ1v) is 8.27. The van der Waals surface area contributed by atoms with E-state index in [1.54, 1.807) is 0 Å². The third-order valence-electron chi connectivity index (χ3n) is 5.54. The molecular formula is C16H27N3. The van der Waals surface area contributed by atoms with E-state index in [1.807, 2.05) is 0 Å². The quantitative estimate of drug-likeness (QED) is 0.821. The molecule has 1 heterocycles. The molecular weight excluding hydrogens is 234 g/mol. The average Bonchev–Trinajstić information content (AvgIpc) is 3.10. The van der Waals surface area contributed by atoms with Crippen LogP contribution in [0.1, 0.15) is 57.8 Å². The van der Waals surface area contributed by atoms with E-state index >= 15 is 0 Å². The van der Waals surface area contributed by atoms with Gasteiger partial charge in [0.2, 0.25) is 0 Å². The lowest BCUT2D eigenvalue weighted by Gasteiger charge is -2.38. The summed E-state index contributed by atoms with van der Waals surface area (Å²) in [5, 5.41) is 16.8. The van der Waals surface area contributed by atoms with Crippen molar-refractivity contribution in [2.75, 3.05) is 6.54 Å². The molecule has 5 unspecified atom stereocenters. The fourth-order valence-corrected chi connectivity index (χ4v) is 4.51. The maximum absolute atomic E-state index is 9.24. The van der Waals surface area contributed by atoms with Crippen LogP contribution in [0.5, 0.6) is 0 Å². The van der Waals surface area contributed by atoms with Gasteiger partial charge in [-0.15, -0.1) is 0 Å². The van der Waals surface area contributed by atoms with E-state index in [2.05, 4.69) is 16.7 Å². The molecule has 2 N–H and O–H groups in total. The Bertz CT molecular complexity index is 329. The first-order valence-electron chi connectivity index (χ1n) is 8.27. The Hall–Kier alpha value is -0.590.